The van der Waals surface area contributed by atoms with Crippen LogP contribution in [0.3, 0.4) is 0 Å². The van der Waals surface area contributed by atoms with Gasteiger partial charge in [-0.25, -0.2) is 9.48 Å². The van der Waals surface area contributed by atoms with Crippen LogP contribution >= 0.6 is 23.2 Å². The zero-order chi connectivity index (χ0) is 22.1. The lowest BCUT2D eigenvalue weighted by Crippen LogP contribution is -2.22. The predicted molar refractivity (Wildman–Crippen MR) is 122 cm³/mol. The minimum Gasteiger partial charge on any atom is -0.453 e. The lowest BCUT2D eigenvalue weighted by Gasteiger charge is -2.21. The molecule has 7 heteroatoms. The number of hydrogen-bond donors (Lipinski definition) is 1. The van der Waals surface area contributed by atoms with Crippen LogP contribution in [0.5, 0.6) is 0 Å². The van der Waals surface area contributed by atoms with Gasteiger partial charge in [0, 0.05) is 18.3 Å². The first-order valence-corrected chi connectivity index (χ1v) is 10.3. The molecule has 1 N–H and O–H groups in total. The number of carbonyl (C=O) groups is 1. The highest BCUT2D eigenvalue weighted by atomic mass is 35.5. The maximum Gasteiger partial charge on any atom is 0.407 e. The monoisotopic (exact) mass is 445 g/mol. The van der Waals surface area contributed by atoms with Crippen LogP contribution in [-0.2, 0) is 16.7 Å². The van der Waals surface area contributed by atoms with Crippen LogP contribution in [0.1, 0.15) is 37.5 Å². The number of aryl methyl sites for hydroxylation is 1. The van der Waals surface area contributed by atoms with E-state index >= 15 is 0 Å². The smallest absolute Gasteiger partial charge is 0.407 e. The summed E-state index contributed by atoms with van der Waals surface area (Å²) in [5.41, 5.74) is 5.42. The van der Waals surface area contributed by atoms with Gasteiger partial charge in [0.2, 0.25) is 0 Å². The van der Waals surface area contributed by atoms with Gasteiger partial charge >= 0.3 is 6.09 Å². The molecule has 1 amide bonds. The van der Waals surface area contributed by atoms with E-state index in [-0.39, 0.29) is 5.41 Å². The van der Waals surface area contributed by atoms with Crippen LogP contribution in [0, 0.1) is 6.92 Å². The minimum absolute atomic E-state index is 0.0579. The molecule has 1 heterocycles. The molecule has 0 aliphatic rings. The lowest BCUT2D eigenvalue weighted by molar-refractivity contribution is 0.170. The molecule has 0 fully saturated rings. The number of hydrogen-bond acceptors (Lipinski definition) is 3. The highest BCUT2D eigenvalue weighted by Crippen LogP contribution is 2.35. The van der Waals surface area contributed by atoms with Crippen LogP contribution in [0.15, 0.2) is 42.6 Å². The SMILES string of the molecule is COC(=O)NCc1cc(-c2ccn(-c3c(Cl)cc(C(C)(C)C)cc3Cl)n2)ccc1C. The molecule has 0 atom stereocenters. The van der Waals surface area contributed by atoms with Crippen molar-refractivity contribution in [2.45, 2.75) is 39.7 Å². The highest BCUT2D eigenvalue weighted by Gasteiger charge is 2.19. The quantitative estimate of drug-likeness (QED) is 0.511. The van der Waals surface area contributed by atoms with Gasteiger partial charge in [-0.2, -0.15) is 5.10 Å². The second-order valence-electron chi connectivity index (χ2n) is 8.17. The summed E-state index contributed by atoms with van der Waals surface area (Å²) in [5, 5.41) is 8.49. The molecule has 0 saturated carbocycles. The van der Waals surface area contributed by atoms with E-state index in [1.807, 2.05) is 49.5 Å². The Morgan fingerprint density at radius 3 is 2.40 bits per heavy atom. The number of benzene rings is 2. The van der Waals surface area contributed by atoms with Gasteiger partial charge in [0.25, 0.3) is 0 Å². The van der Waals surface area contributed by atoms with Crippen molar-refractivity contribution >= 4 is 29.3 Å². The summed E-state index contributed by atoms with van der Waals surface area (Å²) in [6, 6.07) is 11.8. The number of aromatic nitrogens is 2. The third-order valence-electron chi connectivity index (χ3n) is 4.95. The zero-order valence-electron chi connectivity index (χ0n) is 17.7. The van der Waals surface area contributed by atoms with Gasteiger partial charge in [-0.15, -0.1) is 0 Å². The second kappa shape index (κ2) is 8.70. The fourth-order valence-corrected chi connectivity index (χ4v) is 3.74. The van der Waals surface area contributed by atoms with E-state index in [0.29, 0.717) is 22.3 Å². The molecule has 0 spiro atoms. The average molecular weight is 446 g/mol. The Morgan fingerprint density at radius 1 is 1.13 bits per heavy atom. The molecule has 1 aromatic heterocycles. The molecular weight excluding hydrogens is 421 g/mol. The summed E-state index contributed by atoms with van der Waals surface area (Å²) >= 11 is 13.1. The Balaban J connectivity index is 1.93. The number of halogens is 2. The van der Waals surface area contributed by atoms with E-state index in [1.54, 1.807) is 4.68 Å². The first-order valence-electron chi connectivity index (χ1n) is 9.57. The number of alkyl carbamates (subject to hydrolysis) is 1. The van der Waals surface area contributed by atoms with Gasteiger partial charge in [0.05, 0.1) is 22.8 Å². The molecule has 2 aromatic carbocycles. The second-order valence-corrected chi connectivity index (χ2v) is 8.98. The van der Waals surface area contributed by atoms with Crippen LogP contribution in [0.2, 0.25) is 10.0 Å². The first-order chi connectivity index (χ1) is 14.1. The third kappa shape index (κ3) is 4.79. The number of nitrogens with one attached hydrogen (secondary N) is 1. The van der Waals surface area contributed by atoms with E-state index in [9.17, 15) is 4.79 Å². The van der Waals surface area contributed by atoms with Crippen molar-refractivity contribution in [2.24, 2.45) is 0 Å². The van der Waals surface area contributed by atoms with Crippen molar-refractivity contribution in [1.29, 1.82) is 0 Å². The molecule has 158 valence electrons. The van der Waals surface area contributed by atoms with Gasteiger partial charge in [-0.1, -0.05) is 56.1 Å². The standard InChI is InChI=1S/C23H25Cl2N3O2/c1-14-6-7-15(10-16(14)13-26-22(29)30-5)20-8-9-28(27-20)21-18(24)11-17(12-19(21)25)23(2,3)4/h6-12H,13H2,1-5H3,(H,26,29). The van der Waals surface area contributed by atoms with E-state index in [2.05, 4.69) is 35.9 Å². The van der Waals surface area contributed by atoms with Gasteiger partial charge < -0.3 is 10.1 Å². The summed E-state index contributed by atoms with van der Waals surface area (Å²) in [6.45, 7) is 8.71. The Morgan fingerprint density at radius 2 is 1.80 bits per heavy atom. The molecule has 0 saturated heterocycles. The highest BCUT2D eigenvalue weighted by molar-refractivity contribution is 6.37. The third-order valence-corrected chi connectivity index (χ3v) is 5.53. The number of methoxy groups -OCH3 is 1. The number of nitrogens with zero attached hydrogens (tertiary/aromatic N) is 2. The van der Waals surface area contributed by atoms with Gasteiger partial charge in [0.1, 0.15) is 5.69 Å². The van der Waals surface area contributed by atoms with E-state index in [1.165, 1.54) is 7.11 Å². The number of carbonyl (C=O) groups excluding carboxylic acids is 1. The Labute approximate surface area is 187 Å². The molecule has 0 aliphatic heterocycles. The Bertz CT molecular complexity index is 1060. The molecule has 5 nitrogen and oxygen atoms in total. The Kier molecular flexibility index (Phi) is 6.44. The summed E-state index contributed by atoms with van der Waals surface area (Å²) in [5.74, 6) is 0. The molecule has 0 aliphatic carbocycles. The number of ether oxygens (including phenoxy) is 1. The molecule has 3 aromatic rings. The van der Waals surface area contributed by atoms with Crippen molar-refractivity contribution in [3.63, 3.8) is 0 Å². The fraction of sp³-hybridized carbons (Fsp3) is 0.304. The Hall–Kier alpha value is -2.50. The van der Waals surface area contributed by atoms with E-state index < -0.39 is 6.09 Å². The largest absolute Gasteiger partial charge is 0.453 e. The predicted octanol–water partition coefficient (Wildman–Crippen LogP) is 6.31. The average Bonchev–Trinajstić information content (AvgIpc) is 3.15. The summed E-state index contributed by atoms with van der Waals surface area (Å²) in [6.07, 6.45) is 1.37. The minimum atomic E-state index is -0.466. The van der Waals surface area contributed by atoms with Crippen LogP contribution in [0.25, 0.3) is 16.9 Å². The van der Waals surface area contributed by atoms with E-state index in [4.69, 9.17) is 23.2 Å². The number of amides is 1. The molecule has 0 bridgehead atoms. The first kappa shape index (κ1) is 22.2. The number of rotatable bonds is 4. The lowest BCUT2D eigenvalue weighted by atomic mass is 9.87. The van der Waals surface area contributed by atoms with Gasteiger partial charge in [-0.3, -0.25) is 0 Å². The van der Waals surface area contributed by atoms with Crippen molar-refractivity contribution in [3.8, 4) is 16.9 Å². The summed E-state index contributed by atoms with van der Waals surface area (Å²) in [7, 11) is 1.34. The molecule has 0 radical (unpaired) electrons. The topological polar surface area (TPSA) is 56.1 Å². The van der Waals surface area contributed by atoms with Gasteiger partial charge in [-0.05, 0) is 53.3 Å². The van der Waals surface area contributed by atoms with Crippen LogP contribution in [-0.4, -0.2) is 23.0 Å². The molecule has 0 unspecified atom stereocenters. The maximum absolute atomic E-state index is 11.4. The molecular formula is C23H25Cl2N3O2. The van der Waals surface area contributed by atoms with Crippen molar-refractivity contribution in [2.75, 3.05) is 7.11 Å². The summed E-state index contributed by atoms with van der Waals surface area (Å²) < 4.78 is 6.33. The molecule has 30 heavy (non-hydrogen) atoms. The summed E-state index contributed by atoms with van der Waals surface area (Å²) in [4.78, 5) is 11.4. The van der Waals surface area contributed by atoms with Crippen LogP contribution in [0.4, 0.5) is 4.79 Å². The molecule has 3 rings (SSSR count). The maximum atomic E-state index is 11.4. The van der Waals surface area contributed by atoms with Crippen molar-refractivity contribution in [1.82, 2.24) is 15.1 Å². The van der Waals surface area contributed by atoms with Crippen LogP contribution < -0.4 is 5.32 Å². The van der Waals surface area contributed by atoms with Gasteiger partial charge in [0.15, 0.2) is 0 Å². The fourth-order valence-electron chi connectivity index (χ4n) is 3.08. The zero-order valence-corrected chi connectivity index (χ0v) is 19.2. The van der Waals surface area contributed by atoms with Crippen molar-refractivity contribution in [3.05, 3.63) is 69.3 Å². The van der Waals surface area contributed by atoms with Crippen molar-refractivity contribution < 1.29 is 9.53 Å². The normalized spacial score (nSPS) is 11.4. The van der Waals surface area contributed by atoms with E-state index in [0.717, 1.165) is 27.9 Å².